The molecule has 82 valence electrons. The van der Waals surface area contributed by atoms with Gasteiger partial charge in [0, 0.05) is 12.6 Å². The number of hydrogen-bond acceptors (Lipinski definition) is 1. The zero-order valence-corrected chi connectivity index (χ0v) is 10.9. The SMILES string of the molecule is CC(C)(C)C1CCCCN1C(=O)CBr. The van der Waals surface area contributed by atoms with Crippen LogP contribution in [0.4, 0.5) is 0 Å². The third kappa shape index (κ3) is 2.72. The summed E-state index contributed by atoms with van der Waals surface area (Å²) in [5.41, 5.74) is 0.207. The van der Waals surface area contributed by atoms with Gasteiger partial charge in [-0.2, -0.15) is 0 Å². The second kappa shape index (κ2) is 4.65. The maximum absolute atomic E-state index is 11.7. The van der Waals surface area contributed by atoms with Crippen LogP contribution in [-0.2, 0) is 4.79 Å². The Morgan fingerprint density at radius 2 is 2.07 bits per heavy atom. The topological polar surface area (TPSA) is 20.3 Å². The van der Waals surface area contributed by atoms with Gasteiger partial charge in [0.2, 0.25) is 5.91 Å². The predicted molar refractivity (Wildman–Crippen MR) is 62.6 cm³/mol. The van der Waals surface area contributed by atoms with Gasteiger partial charge >= 0.3 is 0 Å². The lowest BCUT2D eigenvalue weighted by molar-refractivity contribution is -0.134. The summed E-state index contributed by atoms with van der Waals surface area (Å²) in [5.74, 6) is 0.240. The molecule has 0 bridgehead atoms. The van der Waals surface area contributed by atoms with E-state index in [0.29, 0.717) is 11.4 Å². The fraction of sp³-hybridized carbons (Fsp3) is 0.909. The molecule has 1 rings (SSSR count). The molecule has 14 heavy (non-hydrogen) atoms. The van der Waals surface area contributed by atoms with Crippen molar-refractivity contribution in [1.82, 2.24) is 4.90 Å². The summed E-state index contributed by atoms with van der Waals surface area (Å²) in [6.45, 7) is 7.60. The van der Waals surface area contributed by atoms with Crippen LogP contribution in [0.3, 0.4) is 0 Å². The van der Waals surface area contributed by atoms with E-state index in [-0.39, 0.29) is 11.3 Å². The summed E-state index contributed by atoms with van der Waals surface area (Å²) in [6.07, 6.45) is 3.57. The molecule has 2 nitrogen and oxygen atoms in total. The molecular weight excluding hydrogens is 242 g/mol. The first-order valence-corrected chi connectivity index (χ1v) is 6.44. The molecular formula is C11H20BrNO. The molecule has 0 spiro atoms. The van der Waals surface area contributed by atoms with Gasteiger partial charge in [-0.1, -0.05) is 36.7 Å². The van der Waals surface area contributed by atoms with E-state index < -0.39 is 0 Å². The van der Waals surface area contributed by atoms with Crippen molar-refractivity contribution in [2.24, 2.45) is 5.41 Å². The largest absolute Gasteiger partial charge is 0.338 e. The van der Waals surface area contributed by atoms with Crippen LogP contribution in [0, 0.1) is 5.41 Å². The molecule has 1 heterocycles. The van der Waals surface area contributed by atoms with Crippen LogP contribution in [0.15, 0.2) is 0 Å². The molecule has 1 amide bonds. The van der Waals surface area contributed by atoms with Crippen LogP contribution in [0.2, 0.25) is 0 Å². The van der Waals surface area contributed by atoms with Crippen LogP contribution in [0.25, 0.3) is 0 Å². The Balaban J connectivity index is 2.74. The fourth-order valence-corrected chi connectivity index (χ4v) is 2.53. The lowest BCUT2D eigenvalue weighted by Crippen LogP contribution is -2.50. The van der Waals surface area contributed by atoms with Gasteiger partial charge in [-0.3, -0.25) is 4.79 Å². The number of halogens is 1. The first-order chi connectivity index (χ1) is 6.46. The maximum atomic E-state index is 11.7. The Kier molecular flexibility index (Phi) is 3.99. The zero-order valence-electron chi connectivity index (χ0n) is 9.35. The average molecular weight is 262 g/mol. The van der Waals surface area contributed by atoms with Gasteiger partial charge in [0.05, 0.1) is 5.33 Å². The third-order valence-electron chi connectivity index (χ3n) is 2.94. The van der Waals surface area contributed by atoms with E-state index in [1.807, 2.05) is 0 Å². The normalized spacial score (nSPS) is 23.7. The minimum atomic E-state index is 0.207. The number of carbonyl (C=O) groups excluding carboxylic acids is 1. The van der Waals surface area contributed by atoms with Gasteiger partial charge in [-0.05, 0) is 24.7 Å². The van der Waals surface area contributed by atoms with Crippen molar-refractivity contribution in [3.8, 4) is 0 Å². The van der Waals surface area contributed by atoms with Gasteiger partial charge in [0.1, 0.15) is 0 Å². The van der Waals surface area contributed by atoms with Gasteiger partial charge in [-0.15, -0.1) is 0 Å². The van der Waals surface area contributed by atoms with Gasteiger partial charge in [0.15, 0.2) is 0 Å². The molecule has 1 aliphatic heterocycles. The molecule has 0 aromatic rings. The second-order valence-corrected chi connectivity index (χ2v) is 5.66. The monoisotopic (exact) mass is 261 g/mol. The molecule has 1 fully saturated rings. The molecule has 1 atom stereocenters. The van der Waals surface area contributed by atoms with Crippen molar-refractivity contribution < 1.29 is 4.79 Å². The smallest absolute Gasteiger partial charge is 0.233 e. The summed E-state index contributed by atoms with van der Waals surface area (Å²) < 4.78 is 0. The molecule has 0 aromatic heterocycles. The number of amides is 1. The van der Waals surface area contributed by atoms with E-state index >= 15 is 0 Å². The molecule has 1 aliphatic rings. The Bertz CT molecular complexity index is 210. The number of nitrogens with zero attached hydrogens (tertiary/aromatic N) is 1. The molecule has 0 radical (unpaired) electrons. The Morgan fingerprint density at radius 1 is 1.43 bits per heavy atom. The Morgan fingerprint density at radius 3 is 2.57 bits per heavy atom. The summed E-state index contributed by atoms with van der Waals surface area (Å²) in [5, 5.41) is 0.458. The quantitative estimate of drug-likeness (QED) is 0.665. The molecule has 3 heteroatoms. The summed E-state index contributed by atoms with van der Waals surface area (Å²) >= 11 is 3.25. The number of piperidine rings is 1. The third-order valence-corrected chi connectivity index (χ3v) is 3.42. The molecule has 0 N–H and O–H groups in total. The van der Waals surface area contributed by atoms with Crippen molar-refractivity contribution in [3.63, 3.8) is 0 Å². The van der Waals surface area contributed by atoms with E-state index in [9.17, 15) is 4.79 Å². The zero-order chi connectivity index (χ0) is 10.8. The van der Waals surface area contributed by atoms with Crippen molar-refractivity contribution in [2.75, 3.05) is 11.9 Å². The van der Waals surface area contributed by atoms with Gasteiger partial charge in [-0.25, -0.2) is 0 Å². The summed E-state index contributed by atoms with van der Waals surface area (Å²) in [4.78, 5) is 13.8. The lowest BCUT2D eigenvalue weighted by atomic mass is 9.80. The number of rotatable bonds is 1. The van der Waals surface area contributed by atoms with Crippen LogP contribution >= 0.6 is 15.9 Å². The second-order valence-electron chi connectivity index (χ2n) is 5.10. The highest BCUT2D eigenvalue weighted by molar-refractivity contribution is 9.09. The number of hydrogen-bond donors (Lipinski definition) is 0. The molecule has 1 unspecified atom stereocenters. The molecule has 1 saturated heterocycles. The summed E-state index contributed by atoms with van der Waals surface area (Å²) in [7, 11) is 0. The average Bonchev–Trinajstić information content (AvgIpc) is 2.15. The lowest BCUT2D eigenvalue weighted by Gasteiger charge is -2.43. The van der Waals surface area contributed by atoms with Gasteiger partial charge < -0.3 is 4.90 Å². The first kappa shape index (κ1) is 12.0. The highest BCUT2D eigenvalue weighted by atomic mass is 79.9. The van der Waals surface area contributed by atoms with E-state index in [1.165, 1.54) is 6.42 Å². The minimum absolute atomic E-state index is 0.207. The highest BCUT2D eigenvalue weighted by Gasteiger charge is 2.34. The van der Waals surface area contributed by atoms with Gasteiger partial charge in [0.25, 0.3) is 0 Å². The standard InChI is InChI=1S/C11H20BrNO/c1-11(2,3)9-6-4-5-7-13(9)10(14)8-12/h9H,4-8H2,1-3H3. The molecule has 0 aromatic carbocycles. The fourth-order valence-electron chi connectivity index (χ4n) is 2.21. The summed E-state index contributed by atoms with van der Waals surface area (Å²) in [6, 6.07) is 0.418. The molecule has 0 saturated carbocycles. The maximum Gasteiger partial charge on any atom is 0.233 e. The number of alkyl halides is 1. The van der Waals surface area contributed by atoms with Crippen LogP contribution in [0.5, 0.6) is 0 Å². The van der Waals surface area contributed by atoms with Crippen LogP contribution in [0.1, 0.15) is 40.0 Å². The van der Waals surface area contributed by atoms with Crippen molar-refractivity contribution in [1.29, 1.82) is 0 Å². The number of likely N-dealkylation sites (tertiary alicyclic amines) is 1. The minimum Gasteiger partial charge on any atom is -0.338 e. The van der Waals surface area contributed by atoms with Crippen LogP contribution < -0.4 is 0 Å². The Hall–Kier alpha value is -0.0500. The van der Waals surface area contributed by atoms with E-state index in [0.717, 1.165) is 19.4 Å². The van der Waals surface area contributed by atoms with Crippen molar-refractivity contribution in [3.05, 3.63) is 0 Å². The van der Waals surface area contributed by atoms with E-state index in [4.69, 9.17) is 0 Å². The Labute approximate surface area is 95.2 Å². The van der Waals surface area contributed by atoms with E-state index in [2.05, 4.69) is 41.6 Å². The highest BCUT2D eigenvalue weighted by Crippen LogP contribution is 2.31. The first-order valence-electron chi connectivity index (χ1n) is 5.32. The van der Waals surface area contributed by atoms with Crippen molar-refractivity contribution in [2.45, 2.75) is 46.1 Å². The number of carbonyl (C=O) groups is 1. The van der Waals surface area contributed by atoms with E-state index in [1.54, 1.807) is 0 Å². The predicted octanol–water partition coefficient (Wildman–Crippen LogP) is 2.81. The molecule has 0 aliphatic carbocycles. The van der Waals surface area contributed by atoms with Crippen LogP contribution in [-0.4, -0.2) is 28.7 Å². The van der Waals surface area contributed by atoms with Crippen molar-refractivity contribution >= 4 is 21.8 Å².